The molecule has 2 aliphatic heterocycles. The summed E-state index contributed by atoms with van der Waals surface area (Å²) in [5.74, 6) is -0.251. The Morgan fingerprint density at radius 3 is 1.23 bits per heavy atom. The summed E-state index contributed by atoms with van der Waals surface area (Å²) in [4.78, 5) is 13.3. The Bertz CT molecular complexity index is 1530. The van der Waals surface area contributed by atoms with Gasteiger partial charge in [0, 0.05) is 6.42 Å². The molecule has 2 heterocycles. The van der Waals surface area contributed by atoms with Crippen molar-refractivity contribution in [3.63, 3.8) is 0 Å². The van der Waals surface area contributed by atoms with Gasteiger partial charge in [0.1, 0.15) is 48.8 Å². The molecule has 2 aliphatic rings. The molecule has 0 aromatic rings. The number of aliphatic hydroxyl groups is 8. The first-order chi connectivity index (χ1) is 39.1. The molecular formula is C66H121NO13. The van der Waals surface area contributed by atoms with Crippen molar-refractivity contribution in [1.82, 2.24) is 5.32 Å². The highest BCUT2D eigenvalue weighted by atomic mass is 16.7. The number of ether oxygens (including phenoxy) is 4. The van der Waals surface area contributed by atoms with Gasteiger partial charge >= 0.3 is 0 Å². The van der Waals surface area contributed by atoms with Gasteiger partial charge in [0.25, 0.3) is 0 Å². The van der Waals surface area contributed by atoms with E-state index in [1.54, 1.807) is 6.08 Å². The van der Waals surface area contributed by atoms with Crippen molar-refractivity contribution in [1.29, 1.82) is 0 Å². The Balaban J connectivity index is 1.66. The predicted molar refractivity (Wildman–Crippen MR) is 323 cm³/mol. The van der Waals surface area contributed by atoms with Crippen molar-refractivity contribution in [2.75, 3.05) is 19.8 Å². The largest absolute Gasteiger partial charge is 0.394 e. The van der Waals surface area contributed by atoms with Gasteiger partial charge in [-0.1, -0.05) is 242 Å². The van der Waals surface area contributed by atoms with Crippen LogP contribution in [0.4, 0.5) is 0 Å². The van der Waals surface area contributed by atoms with Crippen LogP contribution in [0, 0.1) is 0 Å². The minimum atomic E-state index is -1.79. The molecule has 80 heavy (non-hydrogen) atoms. The minimum absolute atomic E-state index is 0.251. The summed E-state index contributed by atoms with van der Waals surface area (Å²) in [6.07, 6.45) is 48.9. The highest BCUT2D eigenvalue weighted by molar-refractivity contribution is 5.76. The molecule has 14 heteroatoms. The van der Waals surface area contributed by atoms with Crippen LogP contribution in [0.3, 0.4) is 0 Å². The number of amides is 1. The Labute approximate surface area is 486 Å². The van der Waals surface area contributed by atoms with Crippen LogP contribution >= 0.6 is 0 Å². The number of unbranched alkanes of at least 4 members (excludes halogenated alkanes) is 34. The molecule has 14 nitrogen and oxygen atoms in total. The lowest BCUT2D eigenvalue weighted by Gasteiger charge is -2.46. The number of aliphatic hydroxyl groups excluding tert-OH is 8. The molecule has 0 aliphatic carbocycles. The normalized spacial score (nSPS) is 24.5. The standard InChI is InChI=1S/C66H121NO13/c1-3-5-7-9-11-13-15-17-19-20-21-22-23-24-25-26-27-28-29-30-31-32-33-34-36-38-40-42-44-46-48-50-58(71)67-54(55(70)49-47-45-43-41-39-37-35-18-16-14-12-10-8-6-4-2)53-77-65-63(76)61(74)64(57(52-69)79-65)80-66-62(75)60(73)59(72)56(51-68)78-66/h16,18,20-21,39,41,47,49,54-57,59-66,68-70,72-76H,3-15,17,19,22-38,40,42-46,48,50-53H2,1-2H3,(H,67,71)/b18-16+,21-20-,41-39+,49-47+. The Morgan fingerprint density at radius 2 is 0.800 bits per heavy atom. The van der Waals surface area contributed by atoms with Gasteiger partial charge in [-0.3, -0.25) is 4.79 Å². The van der Waals surface area contributed by atoms with Gasteiger partial charge in [0.05, 0.1) is 32.0 Å². The summed E-state index contributed by atoms with van der Waals surface area (Å²) in [6, 6.07) is -0.937. The van der Waals surface area contributed by atoms with Crippen LogP contribution in [0.1, 0.15) is 271 Å². The summed E-state index contributed by atoms with van der Waals surface area (Å²) in [6.45, 7) is 2.77. The monoisotopic (exact) mass is 1140 g/mol. The first kappa shape index (κ1) is 74.1. The van der Waals surface area contributed by atoms with Gasteiger partial charge in [-0.25, -0.2) is 0 Å². The van der Waals surface area contributed by atoms with E-state index in [0.717, 1.165) is 44.9 Å². The fraction of sp³-hybridized carbons (Fsp3) is 0.864. The van der Waals surface area contributed by atoms with Crippen molar-refractivity contribution in [3.05, 3.63) is 48.6 Å². The van der Waals surface area contributed by atoms with Crippen LogP contribution in [-0.4, -0.2) is 140 Å². The maximum absolute atomic E-state index is 13.3. The SMILES string of the molecule is CCCCCCC/C=C/CC/C=C/CC/C=C/C(O)C(COC1OC(CO)C(OC2OC(CO)C(O)C(O)C2O)C(O)C1O)NC(=O)CCCCCCCCCCCCCCCCCCCCC/C=C\CCCCCCCCCC. The number of allylic oxidation sites excluding steroid dienone is 7. The van der Waals surface area contributed by atoms with Crippen molar-refractivity contribution in [2.24, 2.45) is 0 Å². The highest BCUT2D eigenvalue weighted by Gasteiger charge is 2.51. The van der Waals surface area contributed by atoms with Crippen LogP contribution in [-0.2, 0) is 23.7 Å². The number of carbonyl (C=O) groups excluding carboxylic acids is 1. The maximum Gasteiger partial charge on any atom is 0.220 e. The first-order valence-corrected chi connectivity index (χ1v) is 32.9. The van der Waals surface area contributed by atoms with Crippen LogP contribution in [0.25, 0.3) is 0 Å². The second-order valence-electron chi connectivity index (χ2n) is 23.2. The molecule has 0 spiro atoms. The zero-order chi connectivity index (χ0) is 58.1. The third-order valence-electron chi connectivity index (χ3n) is 16.0. The van der Waals surface area contributed by atoms with E-state index in [4.69, 9.17) is 18.9 Å². The van der Waals surface area contributed by atoms with E-state index < -0.39 is 86.8 Å². The molecule has 0 aromatic heterocycles. The second-order valence-corrected chi connectivity index (χ2v) is 23.2. The van der Waals surface area contributed by atoms with E-state index in [-0.39, 0.29) is 18.9 Å². The Hall–Kier alpha value is -2.05. The number of hydrogen-bond donors (Lipinski definition) is 9. The zero-order valence-corrected chi connectivity index (χ0v) is 50.6. The topological polar surface area (TPSA) is 228 Å². The lowest BCUT2D eigenvalue weighted by molar-refractivity contribution is -0.359. The molecule has 1 amide bonds. The summed E-state index contributed by atoms with van der Waals surface area (Å²) in [5.41, 5.74) is 0. The summed E-state index contributed by atoms with van der Waals surface area (Å²) < 4.78 is 22.8. The van der Waals surface area contributed by atoms with Crippen molar-refractivity contribution in [2.45, 2.75) is 344 Å². The van der Waals surface area contributed by atoms with Gasteiger partial charge in [0.15, 0.2) is 12.6 Å². The molecule has 0 saturated carbocycles. The van der Waals surface area contributed by atoms with Crippen LogP contribution in [0.5, 0.6) is 0 Å². The van der Waals surface area contributed by atoms with E-state index in [9.17, 15) is 45.6 Å². The molecule has 9 N–H and O–H groups in total. The molecule has 0 radical (unpaired) electrons. The molecule has 0 aromatic carbocycles. The van der Waals surface area contributed by atoms with E-state index in [1.807, 2.05) is 6.08 Å². The molecule has 2 fully saturated rings. The third-order valence-corrected chi connectivity index (χ3v) is 16.0. The fourth-order valence-electron chi connectivity index (χ4n) is 10.7. The van der Waals surface area contributed by atoms with E-state index >= 15 is 0 Å². The predicted octanol–water partition coefficient (Wildman–Crippen LogP) is 12.3. The average Bonchev–Trinajstić information content (AvgIpc) is 3.46. The highest BCUT2D eigenvalue weighted by Crippen LogP contribution is 2.30. The second kappa shape index (κ2) is 51.4. The Morgan fingerprint density at radius 1 is 0.438 bits per heavy atom. The van der Waals surface area contributed by atoms with Gasteiger partial charge in [0.2, 0.25) is 5.91 Å². The first-order valence-electron chi connectivity index (χ1n) is 32.9. The van der Waals surface area contributed by atoms with Gasteiger partial charge in [-0.05, 0) is 70.6 Å². The smallest absolute Gasteiger partial charge is 0.220 e. The van der Waals surface area contributed by atoms with Crippen LogP contribution in [0.15, 0.2) is 48.6 Å². The quantitative estimate of drug-likeness (QED) is 0.0204. The molecule has 2 rings (SSSR count). The number of nitrogens with one attached hydrogen (secondary N) is 1. The third kappa shape index (κ3) is 35.9. The molecule has 2 saturated heterocycles. The summed E-state index contributed by atoms with van der Waals surface area (Å²) >= 11 is 0. The van der Waals surface area contributed by atoms with Crippen molar-refractivity contribution in [3.8, 4) is 0 Å². The molecular weight excluding hydrogens is 1010 g/mol. The number of hydrogen-bond acceptors (Lipinski definition) is 13. The van der Waals surface area contributed by atoms with E-state index in [0.29, 0.717) is 12.8 Å². The minimum Gasteiger partial charge on any atom is -0.394 e. The zero-order valence-electron chi connectivity index (χ0n) is 50.6. The summed E-state index contributed by atoms with van der Waals surface area (Å²) in [5, 5.41) is 87.1. The molecule has 12 atom stereocenters. The molecule has 0 bridgehead atoms. The Kier molecular flexibility index (Phi) is 47.6. The number of rotatable bonds is 53. The van der Waals surface area contributed by atoms with Gasteiger partial charge in [-0.2, -0.15) is 0 Å². The van der Waals surface area contributed by atoms with Crippen molar-refractivity contribution < 1.29 is 64.6 Å². The fourth-order valence-corrected chi connectivity index (χ4v) is 10.7. The lowest BCUT2D eigenvalue weighted by atomic mass is 9.97. The lowest BCUT2D eigenvalue weighted by Crippen LogP contribution is -2.65. The van der Waals surface area contributed by atoms with Gasteiger partial charge in [-0.15, -0.1) is 0 Å². The maximum atomic E-state index is 13.3. The van der Waals surface area contributed by atoms with Crippen LogP contribution in [0.2, 0.25) is 0 Å². The average molecular weight is 1140 g/mol. The van der Waals surface area contributed by atoms with Crippen LogP contribution < -0.4 is 5.32 Å². The molecule has 12 unspecified atom stereocenters. The van der Waals surface area contributed by atoms with Gasteiger partial charge < -0.3 is 65.1 Å². The van der Waals surface area contributed by atoms with Crippen molar-refractivity contribution >= 4 is 5.91 Å². The molecule has 468 valence electrons. The summed E-state index contributed by atoms with van der Waals surface area (Å²) in [7, 11) is 0. The van der Waals surface area contributed by atoms with E-state index in [1.165, 1.54) is 193 Å². The number of carbonyl (C=O) groups is 1. The van der Waals surface area contributed by atoms with E-state index in [2.05, 4.69) is 55.6 Å².